The molecule has 2 rings (SSSR count). The topological polar surface area (TPSA) is 53.6 Å². The fourth-order valence-corrected chi connectivity index (χ4v) is 3.08. The molecule has 1 heterocycles. The van der Waals surface area contributed by atoms with E-state index in [0.717, 1.165) is 28.9 Å². The molecule has 2 N–H and O–H groups in total. The molecule has 1 aromatic carbocycles. The van der Waals surface area contributed by atoms with Crippen molar-refractivity contribution in [2.45, 2.75) is 26.1 Å². The van der Waals surface area contributed by atoms with Gasteiger partial charge in [-0.1, -0.05) is 6.07 Å². The van der Waals surface area contributed by atoms with Gasteiger partial charge in [-0.2, -0.15) is 0 Å². The SMILES string of the molecule is CC1CN(CCNC(=O)Nc2cccc(I)c2)CC(C)O1. The van der Waals surface area contributed by atoms with Crippen LogP contribution in [0.2, 0.25) is 0 Å². The van der Waals surface area contributed by atoms with Crippen molar-refractivity contribution in [1.29, 1.82) is 0 Å². The molecule has 1 aliphatic heterocycles. The quantitative estimate of drug-likeness (QED) is 0.760. The lowest BCUT2D eigenvalue weighted by Gasteiger charge is -2.35. The van der Waals surface area contributed by atoms with Crippen molar-refractivity contribution in [3.63, 3.8) is 0 Å². The van der Waals surface area contributed by atoms with E-state index in [4.69, 9.17) is 4.74 Å². The van der Waals surface area contributed by atoms with Gasteiger partial charge in [0.05, 0.1) is 12.2 Å². The highest BCUT2D eigenvalue weighted by molar-refractivity contribution is 14.1. The van der Waals surface area contributed by atoms with Crippen molar-refractivity contribution < 1.29 is 9.53 Å². The highest BCUT2D eigenvalue weighted by atomic mass is 127. The number of ether oxygens (including phenoxy) is 1. The van der Waals surface area contributed by atoms with Crippen LogP contribution in [0.3, 0.4) is 0 Å². The molecule has 0 bridgehead atoms. The van der Waals surface area contributed by atoms with Gasteiger partial charge in [0.2, 0.25) is 0 Å². The van der Waals surface area contributed by atoms with Gasteiger partial charge in [-0.25, -0.2) is 4.79 Å². The van der Waals surface area contributed by atoms with Crippen LogP contribution < -0.4 is 10.6 Å². The number of hydrogen-bond donors (Lipinski definition) is 2. The average molecular weight is 403 g/mol. The summed E-state index contributed by atoms with van der Waals surface area (Å²) in [6.07, 6.45) is 0.517. The van der Waals surface area contributed by atoms with Crippen LogP contribution in [0.5, 0.6) is 0 Å². The van der Waals surface area contributed by atoms with Crippen molar-refractivity contribution >= 4 is 34.3 Å². The zero-order valence-corrected chi connectivity index (χ0v) is 14.6. The van der Waals surface area contributed by atoms with Crippen molar-refractivity contribution in [1.82, 2.24) is 10.2 Å². The molecule has 1 fully saturated rings. The molecule has 0 aliphatic carbocycles. The number of carbonyl (C=O) groups excluding carboxylic acids is 1. The average Bonchev–Trinajstić information content (AvgIpc) is 2.37. The van der Waals surface area contributed by atoms with Crippen molar-refractivity contribution in [2.75, 3.05) is 31.5 Å². The van der Waals surface area contributed by atoms with E-state index in [2.05, 4.69) is 52.0 Å². The molecule has 1 aliphatic rings. The predicted molar refractivity (Wildman–Crippen MR) is 92.6 cm³/mol. The summed E-state index contributed by atoms with van der Waals surface area (Å²) >= 11 is 2.22. The maximum Gasteiger partial charge on any atom is 0.319 e. The molecule has 2 amide bonds. The first-order valence-electron chi connectivity index (χ1n) is 7.21. The summed E-state index contributed by atoms with van der Waals surface area (Å²) in [6.45, 7) is 7.49. The van der Waals surface area contributed by atoms with Gasteiger partial charge in [-0.05, 0) is 54.6 Å². The molecule has 1 saturated heterocycles. The van der Waals surface area contributed by atoms with Crippen LogP contribution in [-0.4, -0.2) is 49.3 Å². The Bertz CT molecular complexity index is 474. The molecule has 0 aromatic heterocycles. The molecular formula is C15H22IN3O2. The standard InChI is InChI=1S/C15H22IN3O2/c1-11-9-19(10-12(2)21-11)7-6-17-15(20)18-14-5-3-4-13(16)8-14/h3-5,8,11-12H,6-7,9-10H2,1-2H3,(H2,17,18,20). The number of morpholine rings is 1. The van der Waals surface area contributed by atoms with E-state index >= 15 is 0 Å². The van der Waals surface area contributed by atoms with Crippen LogP contribution in [0.25, 0.3) is 0 Å². The summed E-state index contributed by atoms with van der Waals surface area (Å²) in [6, 6.07) is 7.57. The maximum absolute atomic E-state index is 11.8. The Hall–Kier alpha value is -0.860. The van der Waals surface area contributed by atoms with E-state index in [1.807, 2.05) is 24.3 Å². The molecule has 2 atom stereocenters. The molecule has 5 nitrogen and oxygen atoms in total. The van der Waals surface area contributed by atoms with Crippen LogP contribution in [0, 0.1) is 3.57 Å². The number of nitrogens with zero attached hydrogens (tertiary/aromatic N) is 1. The van der Waals surface area contributed by atoms with Crippen LogP contribution in [-0.2, 0) is 4.74 Å². The largest absolute Gasteiger partial charge is 0.373 e. The van der Waals surface area contributed by atoms with Crippen LogP contribution in [0.1, 0.15) is 13.8 Å². The summed E-state index contributed by atoms with van der Waals surface area (Å²) in [5.74, 6) is 0. The second kappa shape index (κ2) is 7.95. The summed E-state index contributed by atoms with van der Waals surface area (Å²) < 4.78 is 6.79. The zero-order valence-electron chi connectivity index (χ0n) is 12.4. The van der Waals surface area contributed by atoms with Gasteiger partial charge in [0.15, 0.2) is 0 Å². The Morgan fingerprint density at radius 3 is 2.76 bits per heavy atom. The normalized spacial score (nSPS) is 22.8. The molecule has 0 spiro atoms. The molecule has 116 valence electrons. The van der Waals surface area contributed by atoms with Gasteiger partial charge in [0.25, 0.3) is 0 Å². The van der Waals surface area contributed by atoms with E-state index < -0.39 is 0 Å². The van der Waals surface area contributed by atoms with Crippen LogP contribution in [0.15, 0.2) is 24.3 Å². The summed E-state index contributed by atoms with van der Waals surface area (Å²) in [7, 11) is 0. The Morgan fingerprint density at radius 2 is 2.10 bits per heavy atom. The van der Waals surface area contributed by atoms with E-state index in [1.54, 1.807) is 0 Å². The van der Waals surface area contributed by atoms with E-state index in [9.17, 15) is 4.79 Å². The first-order chi connectivity index (χ1) is 10.0. The fraction of sp³-hybridized carbons (Fsp3) is 0.533. The zero-order chi connectivity index (χ0) is 15.2. The molecule has 2 unspecified atom stereocenters. The Kier molecular flexibility index (Phi) is 6.25. The van der Waals surface area contributed by atoms with Gasteiger partial charge in [-0.15, -0.1) is 0 Å². The Balaban J connectivity index is 1.69. The van der Waals surface area contributed by atoms with E-state index in [-0.39, 0.29) is 18.2 Å². The van der Waals surface area contributed by atoms with Gasteiger partial charge in [-0.3, -0.25) is 4.90 Å². The first-order valence-corrected chi connectivity index (χ1v) is 8.29. The predicted octanol–water partition coefficient (Wildman–Crippen LogP) is 2.52. The van der Waals surface area contributed by atoms with Crippen LogP contribution >= 0.6 is 22.6 Å². The number of carbonyl (C=O) groups is 1. The van der Waals surface area contributed by atoms with Crippen LogP contribution in [0.4, 0.5) is 10.5 Å². The summed E-state index contributed by atoms with van der Waals surface area (Å²) in [5.41, 5.74) is 0.813. The van der Waals surface area contributed by atoms with Gasteiger partial charge < -0.3 is 15.4 Å². The number of urea groups is 1. The molecular weight excluding hydrogens is 381 g/mol. The molecule has 0 saturated carbocycles. The minimum absolute atomic E-state index is 0.161. The fourth-order valence-electron chi connectivity index (χ4n) is 2.54. The number of halogens is 1. The molecule has 0 radical (unpaired) electrons. The maximum atomic E-state index is 11.8. The lowest BCUT2D eigenvalue weighted by molar-refractivity contribution is -0.0672. The third kappa shape index (κ3) is 5.80. The Morgan fingerprint density at radius 1 is 1.38 bits per heavy atom. The third-order valence-electron chi connectivity index (χ3n) is 3.29. The minimum atomic E-state index is -0.161. The summed E-state index contributed by atoms with van der Waals surface area (Å²) in [5, 5.41) is 5.73. The minimum Gasteiger partial charge on any atom is -0.373 e. The second-order valence-electron chi connectivity index (χ2n) is 5.41. The number of nitrogens with one attached hydrogen (secondary N) is 2. The van der Waals surface area contributed by atoms with Crippen molar-refractivity contribution in [3.8, 4) is 0 Å². The number of benzene rings is 1. The number of anilines is 1. The van der Waals surface area contributed by atoms with E-state index in [1.165, 1.54) is 0 Å². The number of amides is 2. The number of rotatable bonds is 4. The molecule has 1 aromatic rings. The van der Waals surface area contributed by atoms with Crippen molar-refractivity contribution in [2.24, 2.45) is 0 Å². The van der Waals surface area contributed by atoms with Gasteiger partial charge >= 0.3 is 6.03 Å². The third-order valence-corrected chi connectivity index (χ3v) is 3.96. The highest BCUT2D eigenvalue weighted by Crippen LogP contribution is 2.12. The number of hydrogen-bond acceptors (Lipinski definition) is 3. The van der Waals surface area contributed by atoms with E-state index in [0.29, 0.717) is 6.54 Å². The summed E-state index contributed by atoms with van der Waals surface area (Å²) in [4.78, 5) is 14.2. The lowest BCUT2D eigenvalue weighted by Crippen LogP contribution is -2.48. The Labute approximate surface area is 139 Å². The molecule has 6 heteroatoms. The van der Waals surface area contributed by atoms with Crippen molar-refractivity contribution in [3.05, 3.63) is 27.8 Å². The smallest absolute Gasteiger partial charge is 0.319 e. The monoisotopic (exact) mass is 403 g/mol. The van der Waals surface area contributed by atoms with Gasteiger partial charge in [0, 0.05) is 35.4 Å². The lowest BCUT2D eigenvalue weighted by atomic mass is 10.2. The molecule has 21 heavy (non-hydrogen) atoms. The first kappa shape index (κ1) is 16.5. The van der Waals surface area contributed by atoms with Gasteiger partial charge in [0.1, 0.15) is 0 Å². The second-order valence-corrected chi connectivity index (χ2v) is 6.65. The highest BCUT2D eigenvalue weighted by Gasteiger charge is 2.21.